The van der Waals surface area contributed by atoms with Gasteiger partial charge in [-0.1, -0.05) is 15.9 Å². The summed E-state index contributed by atoms with van der Waals surface area (Å²) in [6.07, 6.45) is 3.63. The fraction of sp³-hybridized carbons (Fsp3) is 0.364. The number of sulfonamides is 1. The van der Waals surface area contributed by atoms with Crippen LogP contribution in [0.3, 0.4) is 0 Å². The Morgan fingerprint density at radius 1 is 1.41 bits per heavy atom. The Bertz CT molecular complexity index is 621. The predicted molar refractivity (Wildman–Crippen MR) is 70.1 cm³/mol. The average molecular weight is 315 g/mol. The average Bonchev–Trinajstić information content (AvgIpc) is 3.05. The number of rotatable bonds is 1. The summed E-state index contributed by atoms with van der Waals surface area (Å²) in [5.41, 5.74) is 1.64. The molecule has 1 aliphatic carbocycles. The van der Waals surface area contributed by atoms with E-state index in [1.165, 1.54) is 6.34 Å². The summed E-state index contributed by atoms with van der Waals surface area (Å²) in [5, 5.41) is 0. The maximum Gasteiger partial charge on any atom is 0.285 e. The molecule has 0 unspecified atom stereocenters. The highest BCUT2D eigenvalue weighted by Crippen LogP contribution is 2.39. The number of halogens is 1. The van der Waals surface area contributed by atoms with Gasteiger partial charge in [0.2, 0.25) is 0 Å². The topological polar surface area (TPSA) is 49.7 Å². The van der Waals surface area contributed by atoms with Gasteiger partial charge in [-0.25, -0.2) is 0 Å². The Kier molecular flexibility index (Phi) is 2.35. The lowest BCUT2D eigenvalue weighted by molar-refractivity contribution is 0.597. The van der Waals surface area contributed by atoms with Gasteiger partial charge in [0.25, 0.3) is 10.0 Å². The van der Waals surface area contributed by atoms with Crippen molar-refractivity contribution in [1.29, 1.82) is 0 Å². The normalized spacial score (nSPS) is 21.4. The monoisotopic (exact) mass is 314 g/mol. The van der Waals surface area contributed by atoms with Gasteiger partial charge in [-0.05, 0) is 37.5 Å². The minimum Gasteiger partial charge on any atom is -0.327 e. The van der Waals surface area contributed by atoms with Crippen molar-refractivity contribution < 1.29 is 8.42 Å². The van der Waals surface area contributed by atoms with Gasteiger partial charge in [-0.3, -0.25) is 0 Å². The highest BCUT2D eigenvalue weighted by molar-refractivity contribution is 9.10. The molecular weight excluding hydrogens is 304 g/mol. The van der Waals surface area contributed by atoms with Crippen molar-refractivity contribution in [3.63, 3.8) is 0 Å². The van der Waals surface area contributed by atoms with E-state index in [2.05, 4.69) is 20.3 Å². The van der Waals surface area contributed by atoms with Crippen LogP contribution in [-0.2, 0) is 10.0 Å². The van der Waals surface area contributed by atoms with Crippen molar-refractivity contribution in [3.8, 4) is 0 Å². The van der Waals surface area contributed by atoms with E-state index < -0.39 is 10.0 Å². The summed E-state index contributed by atoms with van der Waals surface area (Å²) < 4.78 is 28.4. The number of hydrogen-bond acceptors (Lipinski definition) is 3. The molecule has 0 saturated heterocycles. The third-order valence-corrected chi connectivity index (χ3v) is 5.16. The van der Waals surface area contributed by atoms with Crippen molar-refractivity contribution in [3.05, 3.63) is 22.2 Å². The highest BCUT2D eigenvalue weighted by Gasteiger charge is 2.35. The molecule has 1 aliphatic heterocycles. The van der Waals surface area contributed by atoms with Gasteiger partial charge >= 0.3 is 0 Å². The van der Waals surface area contributed by atoms with Crippen LogP contribution in [0.5, 0.6) is 0 Å². The predicted octanol–water partition coefficient (Wildman–Crippen LogP) is 2.46. The van der Waals surface area contributed by atoms with E-state index in [1.54, 1.807) is 6.07 Å². The molecule has 0 spiro atoms. The first kappa shape index (κ1) is 11.2. The largest absolute Gasteiger partial charge is 0.327 e. The van der Waals surface area contributed by atoms with Gasteiger partial charge in [0.15, 0.2) is 0 Å². The van der Waals surface area contributed by atoms with Gasteiger partial charge < -0.3 is 4.90 Å². The molecule has 3 rings (SSSR count). The molecule has 90 valence electrons. The molecule has 0 bridgehead atoms. The van der Waals surface area contributed by atoms with Gasteiger partial charge in [0.1, 0.15) is 11.2 Å². The third kappa shape index (κ3) is 1.79. The van der Waals surface area contributed by atoms with Crippen molar-refractivity contribution >= 4 is 38.0 Å². The minimum atomic E-state index is -3.51. The number of nitrogens with zero attached hydrogens (tertiary/aromatic N) is 2. The van der Waals surface area contributed by atoms with Crippen LogP contribution in [0.4, 0.5) is 5.69 Å². The van der Waals surface area contributed by atoms with Crippen LogP contribution in [0.1, 0.15) is 18.4 Å². The molecule has 0 radical (unpaired) electrons. The SMILES string of the molecule is Cc1cc2c(cc1Br)N(C1CC1)C=NS2(=O)=O. The van der Waals surface area contributed by atoms with Gasteiger partial charge in [-0.2, -0.15) is 8.42 Å². The number of aryl methyl sites for hydroxylation is 1. The maximum atomic E-state index is 11.9. The van der Waals surface area contributed by atoms with Crippen LogP contribution in [0.25, 0.3) is 0 Å². The fourth-order valence-electron chi connectivity index (χ4n) is 1.93. The van der Waals surface area contributed by atoms with E-state index in [0.29, 0.717) is 10.9 Å². The Labute approximate surface area is 109 Å². The van der Waals surface area contributed by atoms with Crippen LogP contribution in [-0.4, -0.2) is 20.8 Å². The summed E-state index contributed by atoms with van der Waals surface area (Å²) in [4.78, 5) is 2.27. The van der Waals surface area contributed by atoms with Crippen molar-refractivity contribution in [2.75, 3.05) is 4.90 Å². The molecule has 17 heavy (non-hydrogen) atoms. The van der Waals surface area contributed by atoms with Crippen molar-refractivity contribution in [2.24, 2.45) is 4.40 Å². The summed E-state index contributed by atoms with van der Waals surface area (Å²) >= 11 is 3.44. The molecule has 1 aromatic rings. The van der Waals surface area contributed by atoms with Crippen LogP contribution in [0.2, 0.25) is 0 Å². The van der Waals surface area contributed by atoms with E-state index in [1.807, 2.05) is 17.9 Å². The Balaban J connectivity index is 2.25. The van der Waals surface area contributed by atoms with Crippen LogP contribution >= 0.6 is 15.9 Å². The molecular formula is C11H11BrN2O2S. The molecule has 0 atom stereocenters. The minimum absolute atomic E-state index is 0.313. The number of hydrogen-bond donors (Lipinski definition) is 0. The first-order valence-corrected chi connectivity index (χ1v) is 7.61. The van der Waals surface area contributed by atoms with Crippen molar-refractivity contribution in [1.82, 2.24) is 0 Å². The number of benzene rings is 1. The number of anilines is 1. The molecule has 2 aliphatic rings. The zero-order valence-corrected chi connectivity index (χ0v) is 11.6. The second-order valence-corrected chi connectivity index (χ2v) is 6.86. The molecule has 1 fully saturated rings. The molecule has 0 N–H and O–H groups in total. The van der Waals surface area contributed by atoms with Crippen LogP contribution < -0.4 is 4.90 Å². The van der Waals surface area contributed by atoms with Gasteiger partial charge in [0.05, 0.1) is 5.69 Å². The lowest BCUT2D eigenvalue weighted by Crippen LogP contribution is -2.29. The lowest BCUT2D eigenvalue weighted by Gasteiger charge is -2.25. The summed E-state index contributed by atoms with van der Waals surface area (Å²) in [6, 6.07) is 3.95. The van der Waals surface area contributed by atoms with E-state index in [0.717, 1.165) is 28.6 Å². The van der Waals surface area contributed by atoms with Crippen LogP contribution in [0.15, 0.2) is 25.9 Å². The first-order chi connectivity index (χ1) is 7.99. The molecule has 1 heterocycles. The standard InChI is InChI=1S/C11H11BrN2O2S/c1-7-4-11-10(5-9(7)12)14(8-2-3-8)6-13-17(11,15)16/h4-6,8H,2-3H2,1H3. The Morgan fingerprint density at radius 3 is 2.76 bits per heavy atom. The van der Waals surface area contributed by atoms with E-state index in [9.17, 15) is 8.42 Å². The maximum absolute atomic E-state index is 11.9. The highest BCUT2D eigenvalue weighted by atomic mass is 79.9. The summed E-state index contributed by atoms with van der Waals surface area (Å²) in [6.45, 7) is 1.87. The first-order valence-electron chi connectivity index (χ1n) is 5.38. The molecule has 1 aromatic carbocycles. The van der Waals surface area contributed by atoms with E-state index in [4.69, 9.17) is 0 Å². The zero-order valence-electron chi connectivity index (χ0n) is 9.22. The smallest absolute Gasteiger partial charge is 0.285 e. The second-order valence-electron chi connectivity index (χ2n) is 4.40. The summed E-state index contributed by atoms with van der Waals surface area (Å²) in [5.74, 6) is 0. The Morgan fingerprint density at radius 2 is 2.12 bits per heavy atom. The van der Waals surface area contributed by atoms with Crippen molar-refractivity contribution in [2.45, 2.75) is 30.7 Å². The second kappa shape index (κ2) is 3.55. The molecule has 0 amide bonds. The fourth-order valence-corrected chi connectivity index (χ4v) is 3.35. The molecule has 4 nitrogen and oxygen atoms in total. The third-order valence-electron chi connectivity index (χ3n) is 3.05. The quantitative estimate of drug-likeness (QED) is 0.800. The lowest BCUT2D eigenvalue weighted by atomic mass is 10.2. The van der Waals surface area contributed by atoms with E-state index in [-0.39, 0.29) is 0 Å². The summed E-state index contributed by atoms with van der Waals surface area (Å²) in [7, 11) is -3.51. The molecule has 1 saturated carbocycles. The van der Waals surface area contributed by atoms with Crippen LogP contribution in [0, 0.1) is 6.92 Å². The molecule has 6 heteroatoms. The van der Waals surface area contributed by atoms with E-state index >= 15 is 0 Å². The van der Waals surface area contributed by atoms with Gasteiger partial charge in [0, 0.05) is 10.5 Å². The molecule has 0 aromatic heterocycles. The number of fused-ring (bicyclic) bond motifs is 1. The van der Waals surface area contributed by atoms with Gasteiger partial charge in [-0.15, -0.1) is 4.40 Å². The Hall–Kier alpha value is -0.880. The zero-order chi connectivity index (χ0) is 12.2.